The predicted molar refractivity (Wildman–Crippen MR) is 46.1 cm³/mol. The maximum absolute atomic E-state index is 10.3. The van der Waals surface area contributed by atoms with Crippen LogP contribution >= 0.6 is 0 Å². The third-order valence-electron chi connectivity index (χ3n) is 1.89. The molecule has 0 fully saturated rings. The Morgan fingerprint density at radius 1 is 1.45 bits per heavy atom. The second kappa shape index (κ2) is 6.16. The predicted octanol–water partition coefficient (Wildman–Crippen LogP) is 0.497. The zero-order valence-corrected chi connectivity index (χ0v) is 7.39. The molecule has 66 valence electrons. The molecule has 0 saturated heterocycles. The molecule has 0 rings (SSSR count). The Labute approximate surface area is 68.3 Å². The van der Waals surface area contributed by atoms with Crippen molar-refractivity contribution in [2.75, 3.05) is 13.1 Å². The van der Waals surface area contributed by atoms with Crippen molar-refractivity contribution < 1.29 is 4.79 Å². The van der Waals surface area contributed by atoms with Gasteiger partial charge in [0, 0.05) is 0 Å². The molecular formula is C8H18N2O. The van der Waals surface area contributed by atoms with Gasteiger partial charge in [-0.25, -0.2) is 0 Å². The van der Waals surface area contributed by atoms with Crippen molar-refractivity contribution >= 4 is 5.91 Å². The van der Waals surface area contributed by atoms with E-state index >= 15 is 0 Å². The molecular weight excluding hydrogens is 140 g/mol. The molecule has 0 aromatic carbocycles. The van der Waals surface area contributed by atoms with E-state index in [-0.39, 0.29) is 5.91 Å². The zero-order valence-electron chi connectivity index (χ0n) is 7.39. The molecule has 0 bridgehead atoms. The number of nitrogens with one attached hydrogen (secondary N) is 1. The Bertz CT molecular complexity index is 111. The number of amides is 1. The zero-order chi connectivity index (χ0) is 8.69. The number of primary amides is 1. The quantitative estimate of drug-likeness (QED) is 0.591. The van der Waals surface area contributed by atoms with E-state index in [0.29, 0.717) is 12.5 Å². The first-order chi connectivity index (χ1) is 5.20. The van der Waals surface area contributed by atoms with Crippen LogP contribution in [0.25, 0.3) is 0 Å². The summed E-state index contributed by atoms with van der Waals surface area (Å²) in [5, 5.41) is 3.01. The lowest BCUT2D eigenvalue weighted by Crippen LogP contribution is -2.31. The van der Waals surface area contributed by atoms with Crippen LogP contribution in [0.2, 0.25) is 0 Å². The minimum absolute atomic E-state index is 0.282. The fourth-order valence-electron chi connectivity index (χ4n) is 0.977. The second-order valence-electron chi connectivity index (χ2n) is 2.78. The van der Waals surface area contributed by atoms with Gasteiger partial charge in [-0.05, 0) is 12.5 Å². The molecule has 1 amide bonds. The van der Waals surface area contributed by atoms with Gasteiger partial charge in [0.1, 0.15) is 0 Å². The van der Waals surface area contributed by atoms with E-state index in [1.54, 1.807) is 0 Å². The Balaban J connectivity index is 3.28. The van der Waals surface area contributed by atoms with Crippen molar-refractivity contribution in [1.82, 2.24) is 5.32 Å². The normalized spacial score (nSPS) is 10.5. The molecule has 3 heteroatoms. The summed E-state index contributed by atoms with van der Waals surface area (Å²) < 4.78 is 0. The number of hydrogen-bond acceptors (Lipinski definition) is 2. The number of rotatable bonds is 6. The van der Waals surface area contributed by atoms with Crippen LogP contribution < -0.4 is 11.1 Å². The SMILES string of the molecule is CCC(CC)CNCC(N)=O. The van der Waals surface area contributed by atoms with Crippen LogP contribution in [0, 0.1) is 5.92 Å². The Hall–Kier alpha value is -0.570. The van der Waals surface area contributed by atoms with Gasteiger partial charge in [-0.15, -0.1) is 0 Å². The van der Waals surface area contributed by atoms with E-state index in [9.17, 15) is 4.79 Å². The van der Waals surface area contributed by atoms with Gasteiger partial charge >= 0.3 is 0 Å². The number of hydrogen-bond donors (Lipinski definition) is 2. The highest BCUT2D eigenvalue weighted by atomic mass is 16.1. The summed E-state index contributed by atoms with van der Waals surface area (Å²) in [7, 11) is 0. The average Bonchev–Trinajstić information content (AvgIpc) is 1.98. The molecule has 0 heterocycles. The summed E-state index contributed by atoms with van der Waals surface area (Å²) in [6.07, 6.45) is 2.31. The van der Waals surface area contributed by atoms with E-state index in [1.807, 2.05) is 0 Å². The van der Waals surface area contributed by atoms with Gasteiger partial charge in [-0.1, -0.05) is 26.7 Å². The van der Waals surface area contributed by atoms with Gasteiger partial charge in [-0.2, -0.15) is 0 Å². The largest absolute Gasteiger partial charge is 0.369 e. The minimum atomic E-state index is -0.282. The molecule has 11 heavy (non-hydrogen) atoms. The lowest BCUT2D eigenvalue weighted by atomic mass is 10.0. The summed E-state index contributed by atoms with van der Waals surface area (Å²) in [6.45, 7) is 5.51. The summed E-state index contributed by atoms with van der Waals surface area (Å²) in [4.78, 5) is 10.3. The fraction of sp³-hybridized carbons (Fsp3) is 0.875. The topological polar surface area (TPSA) is 55.1 Å². The first kappa shape index (κ1) is 10.4. The van der Waals surface area contributed by atoms with Crippen LogP contribution in [0.5, 0.6) is 0 Å². The van der Waals surface area contributed by atoms with Gasteiger partial charge in [-0.3, -0.25) is 4.79 Å². The van der Waals surface area contributed by atoms with Crippen molar-refractivity contribution in [2.24, 2.45) is 11.7 Å². The van der Waals surface area contributed by atoms with E-state index < -0.39 is 0 Å². The molecule has 0 radical (unpaired) electrons. The first-order valence-electron chi connectivity index (χ1n) is 4.19. The van der Waals surface area contributed by atoms with Crippen LogP contribution in [-0.2, 0) is 4.79 Å². The third-order valence-corrected chi connectivity index (χ3v) is 1.89. The average molecular weight is 158 g/mol. The van der Waals surface area contributed by atoms with Crippen LogP contribution in [0.4, 0.5) is 0 Å². The highest BCUT2D eigenvalue weighted by molar-refractivity contribution is 5.75. The molecule has 0 saturated carbocycles. The molecule has 0 atom stereocenters. The third kappa shape index (κ3) is 5.85. The van der Waals surface area contributed by atoms with Crippen LogP contribution in [-0.4, -0.2) is 19.0 Å². The molecule has 3 nitrogen and oxygen atoms in total. The Kier molecular flexibility index (Phi) is 5.84. The highest BCUT2D eigenvalue weighted by Gasteiger charge is 2.02. The van der Waals surface area contributed by atoms with Crippen molar-refractivity contribution in [3.8, 4) is 0 Å². The minimum Gasteiger partial charge on any atom is -0.369 e. The van der Waals surface area contributed by atoms with Gasteiger partial charge < -0.3 is 11.1 Å². The standard InChI is InChI=1S/C8H18N2O/c1-3-7(4-2)5-10-6-8(9)11/h7,10H,3-6H2,1-2H3,(H2,9,11). The molecule has 0 aliphatic heterocycles. The van der Waals surface area contributed by atoms with Crippen molar-refractivity contribution in [3.05, 3.63) is 0 Å². The monoisotopic (exact) mass is 158 g/mol. The molecule has 0 aliphatic carbocycles. The molecule has 0 spiro atoms. The number of carbonyl (C=O) groups is 1. The highest BCUT2D eigenvalue weighted by Crippen LogP contribution is 2.04. The van der Waals surface area contributed by atoms with Crippen LogP contribution in [0.3, 0.4) is 0 Å². The van der Waals surface area contributed by atoms with E-state index in [4.69, 9.17) is 5.73 Å². The van der Waals surface area contributed by atoms with Crippen molar-refractivity contribution in [2.45, 2.75) is 26.7 Å². The van der Waals surface area contributed by atoms with E-state index in [0.717, 1.165) is 19.4 Å². The van der Waals surface area contributed by atoms with Gasteiger partial charge in [0.2, 0.25) is 5.91 Å². The molecule has 0 aromatic rings. The smallest absolute Gasteiger partial charge is 0.231 e. The second-order valence-corrected chi connectivity index (χ2v) is 2.78. The van der Waals surface area contributed by atoms with E-state index in [2.05, 4.69) is 19.2 Å². The van der Waals surface area contributed by atoms with Crippen LogP contribution in [0.1, 0.15) is 26.7 Å². The first-order valence-corrected chi connectivity index (χ1v) is 4.19. The van der Waals surface area contributed by atoms with Crippen molar-refractivity contribution in [1.29, 1.82) is 0 Å². The summed E-state index contributed by atoms with van der Waals surface area (Å²) in [6, 6.07) is 0. The fourth-order valence-corrected chi connectivity index (χ4v) is 0.977. The summed E-state index contributed by atoms with van der Waals surface area (Å²) in [5.74, 6) is 0.394. The molecule has 0 aliphatic rings. The Morgan fingerprint density at radius 3 is 2.36 bits per heavy atom. The van der Waals surface area contributed by atoms with Gasteiger partial charge in [0.15, 0.2) is 0 Å². The maximum Gasteiger partial charge on any atom is 0.231 e. The molecule has 3 N–H and O–H groups in total. The number of nitrogens with two attached hydrogens (primary N) is 1. The van der Waals surface area contributed by atoms with E-state index in [1.165, 1.54) is 0 Å². The summed E-state index contributed by atoms with van der Waals surface area (Å²) in [5.41, 5.74) is 4.96. The lowest BCUT2D eigenvalue weighted by molar-refractivity contribution is -0.117. The number of carbonyl (C=O) groups excluding carboxylic acids is 1. The molecule has 0 unspecified atom stereocenters. The van der Waals surface area contributed by atoms with Gasteiger partial charge in [0.05, 0.1) is 6.54 Å². The summed E-state index contributed by atoms with van der Waals surface area (Å²) >= 11 is 0. The van der Waals surface area contributed by atoms with Crippen LogP contribution in [0.15, 0.2) is 0 Å². The van der Waals surface area contributed by atoms with Gasteiger partial charge in [0.25, 0.3) is 0 Å². The Morgan fingerprint density at radius 2 is 2.00 bits per heavy atom. The maximum atomic E-state index is 10.3. The van der Waals surface area contributed by atoms with Crippen molar-refractivity contribution in [3.63, 3.8) is 0 Å². The molecule has 0 aromatic heterocycles. The lowest BCUT2D eigenvalue weighted by Gasteiger charge is -2.11.